The van der Waals surface area contributed by atoms with Crippen LogP contribution in [-0.2, 0) is 17.9 Å². The minimum atomic E-state index is -0.864. The molecule has 0 aliphatic rings. The topological polar surface area (TPSA) is 138 Å². The first kappa shape index (κ1) is 21.2. The van der Waals surface area contributed by atoms with Crippen LogP contribution in [0.2, 0.25) is 5.02 Å². The highest BCUT2D eigenvalue weighted by molar-refractivity contribution is 6.33. The Morgan fingerprint density at radius 2 is 2.06 bits per heavy atom. The smallest absolute Gasteiger partial charge is 0.388 e. The lowest BCUT2D eigenvalue weighted by Gasteiger charge is -2.05. The molecule has 32 heavy (non-hydrogen) atoms. The van der Waals surface area contributed by atoms with E-state index in [1.807, 2.05) is 19.9 Å². The van der Waals surface area contributed by atoms with Crippen LogP contribution in [-0.4, -0.2) is 30.2 Å². The number of imidazole rings is 1. The molecule has 0 aliphatic carbocycles. The Kier molecular flexibility index (Phi) is 5.49. The van der Waals surface area contributed by atoms with Gasteiger partial charge in [-0.2, -0.15) is 4.68 Å². The van der Waals surface area contributed by atoms with Gasteiger partial charge in [0.1, 0.15) is 12.4 Å². The summed E-state index contributed by atoms with van der Waals surface area (Å²) in [5.74, 6) is -0.632. The summed E-state index contributed by atoms with van der Waals surface area (Å²) >= 11 is 6.05. The quantitative estimate of drug-likeness (QED) is 0.346. The average Bonchev–Trinajstić information content (AvgIpc) is 3.25. The minimum absolute atomic E-state index is 0.00726. The van der Waals surface area contributed by atoms with Gasteiger partial charge in [-0.25, -0.2) is 9.78 Å². The Bertz CT molecular complexity index is 1420. The van der Waals surface area contributed by atoms with E-state index < -0.39 is 23.1 Å². The number of nitro benzene ring substituents is 1. The summed E-state index contributed by atoms with van der Waals surface area (Å²) in [6.07, 6.45) is 0. The zero-order chi connectivity index (χ0) is 23.0. The van der Waals surface area contributed by atoms with E-state index in [0.717, 1.165) is 34.2 Å². The lowest BCUT2D eigenvalue weighted by atomic mass is 10.2. The van der Waals surface area contributed by atoms with Crippen LogP contribution in [0.4, 0.5) is 11.4 Å². The number of aromatic nitrogens is 4. The second-order valence-corrected chi connectivity index (χ2v) is 7.31. The molecule has 11 nitrogen and oxygen atoms in total. The summed E-state index contributed by atoms with van der Waals surface area (Å²) in [5, 5.41) is 17.5. The summed E-state index contributed by atoms with van der Waals surface area (Å²) in [6.45, 7) is 4.32. The molecular weight excluding hydrogens is 440 g/mol. The van der Waals surface area contributed by atoms with Gasteiger partial charge in [0.2, 0.25) is 5.91 Å². The van der Waals surface area contributed by atoms with Crippen molar-refractivity contribution in [3.8, 4) is 11.5 Å². The number of rotatable bonds is 6. The van der Waals surface area contributed by atoms with Crippen LogP contribution in [0.25, 0.3) is 22.5 Å². The normalized spacial score (nSPS) is 11.1. The van der Waals surface area contributed by atoms with E-state index in [4.69, 9.17) is 16.0 Å². The first-order valence-electron chi connectivity index (χ1n) is 9.56. The summed E-state index contributed by atoms with van der Waals surface area (Å²) in [6, 6.07) is 9.03. The number of hydrogen-bond donors (Lipinski definition) is 1. The molecule has 0 aliphatic heterocycles. The van der Waals surface area contributed by atoms with Gasteiger partial charge in [-0.05, 0) is 38.1 Å². The molecule has 1 N–H and O–H groups in total. The molecule has 4 aromatic rings. The van der Waals surface area contributed by atoms with E-state index in [0.29, 0.717) is 5.69 Å². The fourth-order valence-corrected chi connectivity index (χ4v) is 3.63. The van der Waals surface area contributed by atoms with Gasteiger partial charge in [0.25, 0.3) is 11.6 Å². The highest BCUT2D eigenvalue weighted by Crippen LogP contribution is 2.29. The molecule has 4 rings (SSSR count). The molecule has 12 heteroatoms. The number of halogens is 1. The highest BCUT2D eigenvalue weighted by atomic mass is 35.5. The summed E-state index contributed by atoms with van der Waals surface area (Å²) in [4.78, 5) is 39.3. The maximum Gasteiger partial charge on any atom is 0.437 e. The van der Waals surface area contributed by atoms with E-state index in [-0.39, 0.29) is 22.2 Å². The predicted octanol–water partition coefficient (Wildman–Crippen LogP) is 3.38. The zero-order valence-electron chi connectivity index (χ0n) is 17.0. The van der Waals surface area contributed by atoms with Crippen LogP contribution < -0.4 is 11.1 Å². The van der Waals surface area contributed by atoms with E-state index in [1.165, 1.54) is 12.1 Å². The van der Waals surface area contributed by atoms with Gasteiger partial charge in [-0.3, -0.25) is 14.9 Å². The maximum atomic E-state index is 12.5. The molecule has 0 fully saturated rings. The first-order valence-corrected chi connectivity index (χ1v) is 9.93. The van der Waals surface area contributed by atoms with Crippen LogP contribution in [0.5, 0.6) is 0 Å². The predicted molar refractivity (Wildman–Crippen MR) is 117 cm³/mol. The van der Waals surface area contributed by atoms with Crippen molar-refractivity contribution in [3.63, 3.8) is 0 Å². The lowest BCUT2D eigenvalue weighted by molar-refractivity contribution is -0.384. The lowest BCUT2D eigenvalue weighted by Crippen LogP contribution is -2.25. The van der Waals surface area contributed by atoms with Crippen molar-refractivity contribution in [2.24, 2.45) is 0 Å². The van der Waals surface area contributed by atoms with E-state index in [1.54, 1.807) is 12.1 Å². The third-order valence-electron chi connectivity index (χ3n) is 4.83. The van der Waals surface area contributed by atoms with E-state index in [2.05, 4.69) is 20.0 Å². The molecule has 0 spiro atoms. The maximum absolute atomic E-state index is 12.5. The van der Waals surface area contributed by atoms with Gasteiger partial charge in [0.05, 0.1) is 26.5 Å². The Morgan fingerprint density at radius 3 is 2.75 bits per heavy atom. The molecule has 2 aromatic heterocycles. The molecule has 0 saturated heterocycles. The minimum Gasteiger partial charge on any atom is -0.388 e. The molecule has 0 saturated carbocycles. The Morgan fingerprint density at radius 1 is 1.28 bits per heavy atom. The van der Waals surface area contributed by atoms with Crippen molar-refractivity contribution in [2.75, 3.05) is 5.32 Å². The third-order valence-corrected chi connectivity index (χ3v) is 5.15. The number of amides is 1. The second-order valence-electron chi connectivity index (χ2n) is 6.91. The van der Waals surface area contributed by atoms with E-state index >= 15 is 0 Å². The highest BCUT2D eigenvalue weighted by Gasteiger charge is 2.18. The number of nitrogens with one attached hydrogen (secondary N) is 1. The summed E-state index contributed by atoms with van der Waals surface area (Å²) in [5.41, 5.74) is 2.21. The van der Waals surface area contributed by atoms with Gasteiger partial charge in [0.15, 0.2) is 0 Å². The van der Waals surface area contributed by atoms with Crippen LogP contribution >= 0.6 is 11.6 Å². The number of hydrogen-bond acceptors (Lipinski definition) is 7. The number of nitro groups is 1. The van der Waals surface area contributed by atoms with Crippen molar-refractivity contribution in [1.82, 2.24) is 19.3 Å². The van der Waals surface area contributed by atoms with Crippen molar-refractivity contribution in [1.29, 1.82) is 0 Å². The van der Waals surface area contributed by atoms with Crippen LogP contribution in [0.15, 0.2) is 45.6 Å². The van der Waals surface area contributed by atoms with E-state index in [9.17, 15) is 19.7 Å². The Balaban J connectivity index is 1.52. The number of fused-ring (bicyclic) bond motifs is 1. The van der Waals surface area contributed by atoms with Crippen LogP contribution in [0.1, 0.15) is 12.7 Å². The van der Waals surface area contributed by atoms with Crippen LogP contribution in [0.3, 0.4) is 0 Å². The van der Waals surface area contributed by atoms with Gasteiger partial charge in [-0.1, -0.05) is 11.6 Å². The molecule has 0 radical (unpaired) electrons. The Hall–Kier alpha value is -3.99. The summed E-state index contributed by atoms with van der Waals surface area (Å²) in [7, 11) is 0. The summed E-state index contributed by atoms with van der Waals surface area (Å²) < 4.78 is 7.97. The molecule has 2 aromatic carbocycles. The third kappa shape index (κ3) is 3.97. The van der Waals surface area contributed by atoms with Crippen molar-refractivity contribution in [3.05, 3.63) is 67.9 Å². The van der Waals surface area contributed by atoms with Gasteiger partial charge >= 0.3 is 5.76 Å². The van der Waals surface area contributed by atoms with Gasteiger partial charge in [0, 0.05) is 24.4 Å². The fraction of sp³-hybridized carbons (Fsp3) is 0.200. The second kappa shape index (κ2) is 8.27. The molecule has 0 atom stereocenters. The Labute approximate surface area is 185 Å². The fourth-order valence-electron chi connectivity index (χ4n) is 3.37. The van der Waals surface area contributed by atoms with Crippen LogP contribution in [0, 0.1) is 17.0 Å². The SMILES string of the molecule is CCn1c(C)nc2cc(NC(=O)Cn3nc(-c4ccc([N+](=O)[O-])cc4Cl)oc3=O)ccc21. The standard InChI is InChI=1S/C20H17ClN6O5/c1-3-25-11(2)22-16-8-12(4-7-17(16)25)23-18(28)10-26-20(29)32-19(24-26)14-6-5-13(27(30)31)9-15(14)21/h4-9H,3,10H2,1-2H3,(H,23,28). The largest absolute Gasteiger partial charge is 0.437 e. The molecule has 164 valence electrons. The average molecular weight is 457 g/mol. The number of non-ortho nitro benzene ring substituents is 1. The number of benzene rings is 2. The molecular formula is C20H17ClN6O5. The molecule has 0 bridgehead atoms. The number of anilines is 1. The zero-order valence-corrected chi connectivity index (χ0v) is 17.8. The molecule has 2 heterocycles. The van der Waals surface area contributed by atoms with Crippen molar-refractivity contribution in [2.45, 2.75) is 26.9 Å². The molecule has 0 unspecified atom stereocenters. The molecule has 1 amide bonds. The first-order chi connectivity index (χ1) is 15.3. The van der Waals surface area contributed by atoms with Crippen molar-refractivity contribution >= 4 is 39.9 Å². The monoisotopic (exact) mass is 456 g/mol. The van der Waals surface area contributed by atoms with Crippen molar-refractivity contribution < 1.29 is 14.1 Å². The number of carbonyl (C=O) groups is 1. The number of nitrogens with zero attached hydrogens (tertiary/aromatic N) is 5. The van der Waals surface area contributed by atoms with Gasteiger partial charge < -0.3 is 14.3 Å². The number of carbonyl (C=O) groups excluding carboxylic acids is 1. The van der Waals surface area contributed by atoms with Gasteiger partial charge in [-0.15, -0.1) is 5.10 Å². The number of aryl methyl sites for hydroxylation is 2.